The Balaban J connectivity index is 1.32. The van der Waals surface area contributed by atoms with Gasteiger partial charge < -0.3 is 20.1 Å². The Labute approximate surface area is 187 Å². The number of nitrogens with zero attached hydrogens (tertiary/aromatic N) is 3. The van der Waals surface area contributed by atoms with Gasteiger partial charge in [-0.05, 0) is 62.3 Å². The summed E-state index contributed by atoms with van der Waals surface area (Å²) in [4.78, 5) is 19.7. The second-order valence-electron chi connectivity index (χ2n) is 8.07. The standard InChI is InChI=1S/C25H26N4O3/c30-25(31)29-16-15-28(23-3-1-2-4-24(23)29)19-7-5-18(6-8-19)22-10-9-21(17-27-22)32-20-11-13-26-14-12-20/h1-10,17,20,26H,11-16H2,(H,30,31). The van der Waals surface area contributed by atoms with Crippen LogP contribution in [0.5, 0.6) is 5.75 Å². The molecule has 0 atom stereocenters. The van der Waals surface area contributed by atoms with E-state index >= 15 is 0 Å². The zero-order valence-corrected chi connectivity index (χ0v) is 17.8. The number of para-hydroxylation sites is 2. The fourth-order valence-electron chi connectivity index (χ4n) is 4.37. The van der Waals surface area contributed by atoms with Crippen LogP contribution in [-0.4, -0.2) is 48.5 Å². The predicted molar refractivity (Wildman–Crippen MR) is 125 cm³/mol. The minimum absolute atomic E-state index is 0.257. The Hall–Kier alpha value is -3.58. The fourth-order valence-corrected chi connectivity index (χ4v) is 4.37. The molecule has 2 aliphatic heterocycles. The van der Waals surface area contributed by atoms with Gasteiger partial charge in [0.25, 0.3) is 0 Å². The Kier molecular flexibility index (Phi) is 5.64. The summed E-state index contributed by atoms with van der Waals surface area (Å²) < 4.78 is 6.05. The lowest BCUT2D eigenvalue weighted by molar-refractivity contribution is 0.162. The number of pyridine rings is 1. The summed E-state index contributed by atoms with van der Waals surface area (Å²) in [5, 5.41) is 12.8. The molecule has 0 unspecified atom stereocenters. The molecule has 3 aromatic rings. The van der Waals surface area contributed by atoms with Crippen LogP contribution >= 0.6 is 0 Å². The van der Waals surface area contributed by atoms with Gasteiger partial charge >= 0.3 is 6.09 Å². The molecule has 7 nitrogen and oxygen atoms in total. The topological polar surface area (TPSA) is 77.9 Å². The van der Waals surface area contributed by atoms with Gasteiger partial charge in [-0.25, -0.2) is 4.79 Å². The van der Waals surface area contributed by atoms with Crippen LogP contribution in [0.15, 0.2) is 66.9 Å². The van der Waals surface area contributed by atoms with Gasteiger partial charge in [-0.3, -0.25) is 9.88 Å². The first kappa shape index (κ1) is 20.3. The number of hydrogen-bond acceptors (Lipinski definition) is 5. The van der Waals surface area contributed by atoms with Crippen LogP contribution in [0.3, 0.4) is 0 Å². The summed E-state index contributed by atoms with van der Waals surface area (Å²) >= 11 is 0. The summed E-state index contributed by atoms with van der Waals surface area (Å²) in [5.41, 5.74) is 4.55. The molecule has 0 bridgehead atoms. The molecule has 0 aliphatic carbocycles. The van der Waals surface area contributed by atoms with Crippen LogP contribution < -0.4 is 19.9 Å². The van der Waals surface area contributed by atoms with Crippen molar-refractivity contribution in [1.82, 2.24) is 10.3 Å². The molecule has 3 heterocycles. The number of rotatable bonds is 4. The molecule has 2 aliphatic rings. The minimum Gasteiger partial charge on any atom is -0.489 e. The zero-order valence-electron chi connectivity index (χ0n) is 17.8. The van der Waals surface area contributed by atoms with E-state index in [1.807, 2.05) is 36.4 Å². The maximum Gasteiger partial charge on any atom is 0.411 e. The van der Waals surface area contributed by atoms with Gasteiger partial charge in [0.1, 0.15) is 11.9 Å². The average molecular weight is 431 g/mol. The number of piperidine rings is 1. The number of benzene rings is 2. The van der Waals surface area contributed by atoms with E-state index in [1.54, 1.807) is 6.20 Å². The lowest BCUT2D eigenvalue weighted by Gasteiger charge is -2.36. The molecule has 2 aromatic carbocycles. The Morgan fingerprint density at radius 1 is 0.969 bits per heavy atom. The van der Waals surface area contributed by atoms with Gasteiger partial charge in [0.05, 0.1) is 23.3 Å². The van der Waals surface area contributed by atoms with E-state index in [9.17, 15) is 9.90 Å². The van der Waals surface area contributed by atoms with Crippen molar-refractivity contribution in [3.8, 4) is 17.0 Å². The van der Waals surface area contributed by atoms with E-state index in [-0.39, 0.29) is 6.10 Å². The molecule has 5 rings (SSSR count). The largest absolute Gasteiger partial charge is 0.489 e. The molecule has 0 saturated carbocycles. The van der Waals surface area contributed by atoms with Crippen molar-refractivity contribution in [3.63, 3.8) is 0 Å². The second-order valence-corrected chi connectivity index (χ2v) is 8.07. The molecular formula is C25H26N4O3. The van der Waals surface area contributed by atoms with E-state index in [1.165, 1.54) is 4.90 Å². The first-order valence-corrected chi connectivity index (χ1v) is 11.0. The number of fused-ring (bicyclic) bond motifs is 1. The van der Waals surface area contributed by atoms with E-state index in [0.717, 1.165) is 54.3 Å². The van der Waals surface area contributed by atoms with Gasteiger partial charge in [-0.2, -0.15) is 0 Å². The molecule has 1 fully saturated rings. The number of carbonyl (C=O) groups is 1. The summed E-state index contributed by atoms with van der Waals surface area (Å²) in [6.45, 7) is 3.02. The highest BCUT2D eigenvalue weighted by Crippen LogP contribution is 2.38. The van der Waals surface area contributed by atoms with Crippen LogP contribution in [0.4, 0.5) is 21.9 Å². The van der Waals surface area contributed by atoms with Crippen molar-refractivity contribution in [2.75, 3.05) is 36.0 Å². The highest BCUT2D eigenvalue weighted by Gasteiger charge is 2.27. The van der Waals surface area contributed by atoms with Gasteiger partial charge in [-0.15, -0.1) is 0 Å². The molecular weight excluding hydrogens is 404 g/mol. The Bertz CT molecular complexity index is 1080. The lowest BCUT2D eigenvalue weighted by Crippen LogP contribution is -2.41. The number of amides is 1. The van der Waals surface area contributed by atoms with Crippen molar-refractivity contribution in [3.05, 3.63) is 66.9 Å². The summed E-state index contributed by atoms with van der Waals surface area (Å²) in [5.74, 6) is 0.810. The van der Waals surface area contributed by atoms with Gasteiger partial charge in [0.15, 0.2) is 0 Å². The van der Waals surface area contributed by atoms with Crippen LogP contribution in [0.25, 0.3) is 11.3 Å². The molecule has 0 radical (unpaired) electrons. The highest BCUT2D eigenvalue weighted by molar-refractivity contribution is 5.94. The first-order chi connectivity index (χ1) is 15.7. The number of ether oxygens (including phenoxy) is 1. The molecule has 1 aromatic heterocycles. The normalized spacial score (nSPS) is 16.5. The van der Waals surface area contributed by atoms with Crippen LogP contribution in [0.2, 0.25) is 0 Å². The van der Waals surface area contributed by atoms with Crippen molar-refractivity contribution in [2.45, 2.75) is 18.9 Å². The molecule has 32 heavy (non-hydrogen) atoms. The second kappa shape index (κ2) is 8.88. The number of carboxylic acid groups (broad SMARTS) is 1. The van der Waals surface area contributed by atoms with E-state index in [0.29, 0.717) is 18.8 Å². The third-order valence-electron chi connectivity index (χ3n) is 6.04. The molecule has 1 saturated heterocycles. The molecule has 0 spiro atoms. The van der Waals surface area contributed by atoms with Crippen LogP contribution in [0.1, 0.15) is 12.8 Å². The first-order valence-electron chi connectivity index (χ1n) is 11.0. The number of anilines is 3. The van der Waals surface area contributed by atoms with Gasteiger partial charge in [-0.1, -0.05) is 24.3 Å². The third kappa shape index (κ3) is 4.11. The average Bonchev–Trinajstić information content (AvgIpc) is 2.84. The van der Waals surface area contributed by atoms with E-state index in [2.05, 4.69) is 39.5 Å². The van der Waals surface area contributed by atoms with Crippen molar-refractivity contribution >= 4 is 23.2 Å². The zero-order chi connectivity index (χ0) is 21.9. The molecule has 1 amide bonds. The van der Waals surface area contributed by atoms with Crippen LogP contribution in [-0.2, 0) is 0 Å². The minimum atomic E-state index is -0.925. The highest BCUT2D eigenvalue weighted by atomic mass is 16.5. The number of nitrogens with one attached hydrogen (secondary N) is 1. The fraction of sp³-hybridized carbons (Fsp3) is 0.280. The van der Waals surface area contributed by atoms with E-state index < -0.39 is 6.09 Å². The third-order valence-corrected chi connectivity index (χ3v) is 6.04. The predicted octanol–water partition coefficient (Wildman–Crippen LogP) is 4.52. The van der Waals surface area contributed by atoms with Crippen molar-refractivity contribution < 1.29 is 14.6 Å². The maximum absolute atomic E-state index is 11.6. The smallest absolute Gasteiger partial charge is 0.411 e. The lowest BCUT2D eigenvalue weighted by atomic mass is 10.1. The van der Waals surface area contributed by atoms with Crippen LogP contribution in [0, 0.1) is 0 Å². The monoisotopic (exact) mass is 430 g/mol. The Morgan fingerprint density at radius 2 is 1.72 bits per heavy atom. The maximum atomic E-state index is 11.6. The van der Waals surface area contributed by atoms with Gasteiger partial charge in [0, 0.05) is 24.3 Å². The molecule has 2 N–H and O–H groups in total. The van der Waals surface area contributed by atoms with Crippen molar-refractivity contribution in [2.24, 2.45) is 0 Å². The summed E-state index contributed by atoms with van der Waals surface area (Å²) in [6.07, 6.45) is 3.17. The SMILES string of the molecule is O=C(O)N1CCN(c2ccc(-c3ccc(OC4CCNCC4)cn3)cc2)c2ccccc21. The summed E-state index contributed by atoms with van der Waals surface area (Å²) in [7, 11) is 0. The van der Waals surface area contributed by atoms with Crippen molar-refractivity contribution in [1.29, 1.82) is 0 Å². The van der Waals surface area contributed by atoms with E-state index in [4.69, 9.17) is 4.74 Å². The molecule has 164 valence electrons. The molecule has 7 heteroatoms. The number of aromatic nitrogens is 1. The Morgan fingerprint density at radius 3 is 2.41 bits per heavy atom. The quantitative estimate of drug-likeness (QED) is 0.634. The van der Waals surface area contributed by atoms with Gasteiger partial charge in [0.2, 0.25) is 0 Å². The number of hydrogen-bond donors (Lipinski definition) is 2. The summed E-state index contributed by atoms with van der Waals surface area (Å²) in [6, 6.07) is 19.8.